The third-order valence-corrected chi connectivity index (χ3v) is 15.3. The van der Waals surface area contributed by atoms with E-state index in [0.717, 1.165) is 36.3 Å². The molecule has 176 valence electrons. The normalized spacial score (nSPS) is 12.5. The van der Waals surface area contributed by atoms with E-state index in [1.807, 2.05) is 0 Å². The maximum atomic E-state index is 7.33. The molecule has 0 aromatic carbocycles. The summed E-state index contributed by atoms with van der Waals surface area (Å²) in [6.07, 6.45) is 27.8. The van der Waals surface area contributed by atoms with E-state index < -0.39 is 16.6 Å². The van der Waals surface area contributed by atoms with Crippen LogP contribution in [0.3, 0.4) is 0 Å². The van der Waals surface area contributed by atoms with Crippen molar-refractivity contribution in [3.8, 4) is 0 Å². The Hall–Kier alpha value is -1.17. The Balaban J connectivity index is 5.55. The van der Waals surface area contributed by atoms with Crippen LogP contribution >= 0.6 is 0 Å². The molecule has 0 aromatic heterocycles. The van der Waals surface area contributed by atoms with Crippen molar-refractivity contribution in [3.05, 3.63) is 74.9 Å². The molecule has 0 N–H and O–H groups in total. The van der Waals surface area contributed by atoms with Gasteiger partial charge in [-0.1, -0.05) is 88.1 Å². The molecule has 0 atom stereocenters. The predicted molar refractivity (Wildman–Crippen MR) is 149 cm³/mol. The molecule has 1 nitrogen and oxygen atoms in total. The van der Waals surface area contributed by atoms with E-state index in [1.165, 1.54) is 51.4 Å². The summed E-state index contributed by atoms with van der Waals surface area (Å²) in [6.45, 7) is 20.8. The minimum absolute atomic E-state index is 0.974. The maximum Gasteiger partial charge on any atom is 0.191 e. The summed E-state index contributed by atoms with van der Waals surface area (Å²) in [4.78, 5) is 0. The first kappa shape index (κ1) is 29.8. The minimum Gasteiger partial charge on any atom is -0.453 e. The monoisotopic (exact) mass is 458 g/mol. The van der Waals surface area contributed by atoms with Crippen LogP contribution in [0.25, 0.3) is 0 Å². The Morgan fingerprint density at radius 1 is 0.516 bits per heavy atom. The topological polar surface area (TPSA) is 9.23 Å². The molecule has 0 saturated carbocycles. The van der Waals surface area contributed by atoms with Gasteiger partial charge in [-0.15, -0.1) is 26.3 Å². The molecule has 0 fully saturated rings. The Morgan fingerprint density at radius 3 is 1.16 bits per heavy atom. The molecule has 0 aliphatic carbocycles. The highest BCUT2D eigenvalue weighted by Gasteiger charge is 2.41. The van der Waals surface area contributed by atoms with Crippen LogP contribution in [0, 0.1) is 0 Å². The van der Waals surface area contributed by atoms with E-state index in [4.69, 9.17) is 4.12 Å². The number of hydrogen-bond acceptors (Lipinski definition) is 1. The van der Waals surface area contributed by atoms with Crippen molar-refractivity contribution in [1.82, 2.24) is 0 Å². The molecule has 0 unspecified atom stereocenters. The zero-order chi connectivity index (χ0) is 23.3. The van der Waals surface area contributed by atoms with E-state index in [2.05, 4.69) is 88.8 Å². The van der Waals surface area contributed by atoms with Gasteiger partial charge < -0.3 is 4.12 Å². The highest BCUT2D eigenvalue weighted by atomic mass is 28.4. The van der Waals surface area contributed by atoms with Crippen LogP contribution in [0.15, 0.2) is 74.9 Å². The molecule has 31 heavy (non-hydrogen) atoms. The van der Waals surface area contributed by atoms with Gasteiger partial charge in [0.05, 0.1) is 0 Å². The first-order valence-corrected chi connectivity index (χ1v) is 17.6. The van der Waals surface area contributed by atoms with Crippen molar-refractivity contribution in [2.24, 2.45) is 0 Å². The van der Waals surface area contributed by atoms with Crippen molar-refractivity contribution in [2.75, 3.05) is 0 Å². The van der Waals surface area contributed by atoms with E-state index in [-0.39, 0.29) is 0 Å². The molecule has 0 aliphatic rings. The standard InChI is InChI=1S/C28H50OSi2/c1-7-13-15-17-19-21-27-30(23-9-3,24-10-4)29-31(25-11-5,26-12-6)28-22-20-18-16-14-8-2/h9-12,19-22H,3-8,13-18,23-28H2,1-2H3. The van der Waals surface area contributed by atoms with Crippen LogP contribution in [0.1, 0.15) is 65.2 Å². The van der Waals surface area contributed by atoms with Crippen molar-refractivity contribution in [3.63, 3.8) is 0 Å². The van der Waals surface area contributed by atoms with E-state index >= 15 is 0 Å². The highest BCUT2D eigenvalue weighted by Crippen LogP contribution is 2.35. The first-order valence-electron chi connectivity index (χ1n) is 12.5. The average Bonchev–Trinajstić information content (AvgIpc) is 2.74. The van der Waals surface area contributed by atoms with Crippen LogP contribution < -0.4 is 0 Å². The van der Waals surface area contributed by atoms with Crippen molar-refractivity contribution in [1.29, 1.82) is 0 Å². The molecule has 0 amide bonds. The van der Waals surface area contributed by atoms with Gasteiger partial charge in [0.2, 0.25) is 0 Å². The minimum atomic E-state index is -2.05. The molecule has 0 aromatic rings. The number of unbranched alkanes of at least 4 members (excludes halogenated alkanes) is 6. The lowest BCUT2D eigenvalue weighted by atomic mass is 10.2. The quantitative estimate of drug-likeness (QED) is 0.0890. The number of hydrogen-bond donors (Lipinski definition) is 0. The third kappa shape index (κ3) is 13.8. The molecule has 0 saturated heterocycles. The summed E-state index contributed by atoms with van der Waals surface area (Å²) in [5, 5.41) is 0. The van der Waals surface area contributed by atoms with Gasteiger partial charge in [0.25, 0.3) is 0 Å². The Morgan fingerprint density at radius 2 is 0.871 bits per heavy atom. The second kappa shape index (κ2) is 19.5. The smallest absolute Gasteiger partial charge is 0.191 e. The molecule has 0 spiro atoms. The van der Waals surface area contributed by atoms with Crippen LogP contribution in [-0.2, 0) is 4.12 Å². The lowest BCUT2D eigenvalue weighted by molar-refractivity contribution is 0.526. The van der Waals surface area contributed by atoms with Crippen LogP contribution in [0.2, 0.25) is 36.3 Å². The predicted octanol–water partition coefficient (Wildman–Crippen LogP) is 9.91. The fraction of sp³-hybridized carbons (Fsp3) is 0.571. The van der Waals surface area contributed by atoms with Crippen LogP contribution in [0.4, 0.5) is 0 Å². The summed E-state index contributed by atoms with van der Waals surface area (Å²) in [7, 11) is -4.09. The number of rotatable bonds is 22. The Labute approximate surface area is 197 Å². The van der Waals surface area contributed by atoms with Gasteiger partial charge in [0.15, 0.2) is 16.6 Å². The molecule has 0 radical (unpaired) electrons. The van der Waals surface area contributed by atoms with Crippen molar-refractivity contribution < 1.29 is 4.12 Å². The molecular formula is C28H50OSi2. The summed E-state index contributed by atoms with van der Waals surface area (Å²) in [6, 6.07) is 5.98. The Kier molecular flexibility index (Phi) is 18.8. The molecule has 0 aliphatic heterocycles. The van der Waals surface area contributed by atoms with Gasteiger partial charge in [-0.2, -0.15) is 0 Å². The summed E-state index contributed by atoms with van der Waals surface area (Å²) < 4.78 is 7.33. The lowest BCUT2D eigenvalue weighted by Crippen LogP contribution is -2.50. The zero-order valence-electron chi connectivity index (χ0n) is 20.8. The van der Waals surface area contributed by atoms with Crippen LogP contribution in [0.5, 0.6) is 0 Å². The average molecular weight is 459 g/mol. The zero-order valence-corrected chi connectivity index (χ0v) is 22.8. The SMILES string of the molecule is C=CC[Si](CC=C)(CC=CCCCCC)O[Si](CC=C)(CC=C)CC=CCCCCC. The van der Waals surface area contributed by atoms with Gasteiger partial charge in [-0.05, 0) is 61.9 Å². The highest BCUT2D eigenvalue weighted by molar-refractivity contribution is 6.88. The summed E-state index contributed by atoms with van der Waals surface area (Å²) in [5.74, 6) is 0. The molecule has 0 rings (SSSR count). The summed E-state index contributed by atoms with van der Waals surface area (Å²) in [5.41, 5.74) is 0. The van der Waals surface area contributed by atoms with E-state index in [9.17, 15) is 0 Å². The second-order valence-corrected chi connectivity index (χ2v) is 16.8. The van der Waals surface area contributed by atoms with Gasteiger partial charge in [0.1, 0.15) is 0 Å². The van der Waals surface area contributed by atoms with Gasteiger partial charge >= 0.3 is 0 Å². The fourth-order valence-corrected chi connectivity index (χ4v) is 14.1. The molecule has 3 heteroatoms. The Bertz CT molecular complexity index is 479. The van der Waals surface area contributed by atoms with Gasteiger partial charge in [-0.25, -0.2) is 0 Å². The third-order valence-electron chi connectivity index (χ3n) is 5.76. The van der Waals surface area contributed by atoms with E-state index in [1.54, 1.807) is 0 Å². The van der Waals surface area contributed by atoms with Crippen molar-refractivity contribution >= 4 is 16.6 Å². The van der Waals surface area contributed by atoms with Crippen LogP contribution in [-0.4, -0.2) is 16.6 Å². The fourth-order valence-electron chi connectivity index (χ4n) is 4.12. The van der Waals surface area contributed by atoms with Gasteiger partial charge in [0, 0.05) is 0 Å². The van der Waals surface area contributed by atoms with Gasteiger partial charge in [-0.3, -0.25) is 0 Å². The second-order valence-electron chi connectivity index (χ2n) is 8.78. The lowest BCUT2D eigenvalue weighted by Gasteiger charge is -2.40. The largest absolute Gasteiger partial charge is 0.453 e. The molecule has 0 heterocycles. The number of allylic oxidation sites excluding steroid dienone is 8. The summed E-state index contributed by atoms with van der Waals surface area (Å²) >= 11 is 0. The molecular weight excluding hydrogens is 408 g/mol. The van der Waals surface area contributed by atoms with E-state index in [0.29, 0.717) is 0 Å². The molecule has 0 bridgehead atoms. The maximum absolute atomic E-state index is 7.33. The van der Waals surface area contributed by atoms with Crippen molar-refractivity contribution in [2.45, 2.75) is 101 Å². The first-order chi connectivity index (χ1) is 15.1.